The molecule has 1 nitrogen and oxygen atoms in total. The Balaban J connectivity index is 3.02. The van der Waals surface area contributed by atoms with Crippen LogP contribution in [0.15, 0.2) is 12.1 Å². The minimum Gasteiger partial charge on any atom is -0.324 e. The molecule has 2 N–H and O–H groups in total. The normalized spacial score (nSPS) is 12.9. The highest BCUT2D eigenvalue weighted by molar-refractivity contribution is 5.27. The zero-order valence-corrected chi connectivity index (χ0v) is 8.48. The average molecular weight is 199 g/mol. The third-order valence-corrected chi connectivity index (χ3v) is 2.28. The van der Waals surface area contributed by atoms with Crippen LogP contribution >= 0.6 is 0 Å². The Morgan fingerprint density at radius 1 is 1.29 bits per heavy atom. The fourth-order valence-electron chi connectivity index (χ4n) is 1.43. The van der Waals surface area contributed by atoms with Crippen molar-refractivity contribution >= 4 is 0 Å². The Labute approximate surface area is 82.9 Å². The van der Waals surface area contributed by atoms with Crippen molar-refractivity contribution in [3.05, 3.63) is 34.9 Å². The minimum atomic E-state index is -0.547. The quantitative estimate of drug-likeness (QED) is 0.795. The summed E-state index contributed by atoms with van der Waals surface area (Å²) in [6.07, 6.45) is 1.60. The molecular weight excluding hydrogens is 184 g/mol. The maximum Gasteiger partial charge on any atom is 0.130 e. The number of rotatable bonds is 3. The summed E-state index contributed by atoms with van der Waals surface area (Å²) in [6, 6.07) is 2.06. The molecule has 0 saturated heterocycles. The number of hydrogen-bond acceptors (Lipinski definition) is 1. The van der Waals surface area contributed by atoms with Crippen molar-refractivity contribution < 1.29 is 8.78 Å². The molecule has 0 spiro atoms. The van der Waals surface area contributed by atoms with E-state index >= 15 is 0 Å². The lowest BCUT2D eigenvalue weighted by atomic mass is 10.0. The molecule has 0 aliphatic heterocycles. The Morgan fingerprint density at radius 3 is 2.50 bits per heavy atom. The van der Waals surface area contributed by atoms with E-state index in [0.717, 1.165) is 12.5 Å². The molecule has 1 unspecified atom stereocenters. The molecule has 0 saturated carbocycles. The SMILES string of the molecule is CCCC(N)c1cc(C)c(F)cc1F. The lowest BCUT2D eigenvalue weighted by Crippen LogP contribution is -2.12. The van der Waals surface area contributed by atoms with Gasteiger partial charge in [-0.2, -0.15) is 0 Å². The molecule has 78 valence electrons. The predicted molar refractivity (Wildman–Crippen MR) is 52.9 cm³/mol. The smallest absolute Gasteiger partial charge is 0.130 e. The molecule has 0 amide bonds. The van der Waals surface area contributed by atoms with E-state index in [4.69, 9.17) is 5.73 Å². The molecule has 1 aromatic rings. The molecule has 0 bridgehead atoms. The Hall–Kier alpha value is -0.960. The van der Waals surface area contributed by atoms with E-state index in [-0.39, 0.29) is 6.04 Å². The van der Waals surface area contributed by atoms with E-state index in [0.29, 0.717) is 17.5 Å². The monoisotopic (exact) mass is 199 g/mol. The van der Waals surface area contributed by atoms with Gasteiger partial charge in [0.15, 0.2) is 0 Å². The maximum absolute atomic E-state index is 13.3. The molecule has 0 heterocycles. The summed E-state index contributed by atoms with van der Waals surface area (Å²) in [5.74, 6) is -1.07. The van der Waals surface area contributed by atoms with Crippen molar-refractivity contribution in [2.24, 2.45) is 5.73 Å². The molecular formula is C11H15F2N. The van der Waals surface area contributed by atoms with Crippen molar-refractivity contribution in [1.82, 2.24) is 0 Å². The molecule has 1 rings (SSSR count). The summed E-state index contributed by atoms with van der Waals surface area (Å²) >= 11 is 0. The first-order valence-corrected chi connectivity index (χ1v) is 4.77. The molecule has 3 heteroatoms. The van der Waals surface area contributed by atoms with Crippen LogP contribution in [0.2, 0.25) is 0 Å². The number of hydrogen-bond donors (Lipinski definition) is 1. The van der Waals surface area contributed by atoms with Gasteiger partial charge in [-0.1, -0.05) is 13.3 Å². The van der Waals surface area contributed by atoms with Gasteiger partial charge in [0, 0.05) is 17.7 Å². The third kappa shape index (κ3) is 2.29. The lowest BCUT2D eigenvalue weighted by molar-refractivity contribution is 0.538. The second-order valence-electron chi connectivity index (χ2n) is 3.52. The molecule has 1 aromatic carbocycles. The number of benzene rings is 1. The van der Waals surface area contributed by atoms with E-state index < -0.39 is 11.6 Å². The van der Waals surface area contributed by atoms with Gasteiger partial charge in [-0.05, 0) is 25.0 Å². The first-order valence-electron chi connectivity index (χ1n) is 4.77. The van der Waals surface area contributed by atoms with Crippen LogP contribution in [-0.4, -0.2) is 0 Å². The van der Waals surface area contributed by atoms with Crippen LogP contribution in [0.5, 0.6) is 0 Å². The van der Waals surface area contributed by atoms with E-state index in [1.165, 1.54) is 6.07 Å². The molecule has 0 aliphatic rings. The van der Waals surface area contributed by atoms with Crippen LogP contribution in [0.1, 0.15) is 36.9 Å². The Kier molecular flexibility index (Phi) is 3.58. The summed E-state index contributed by atoms with van der Waals surface area (Å²) in [5, 5.41) is 0. The number of aryl methyl sites for hydroxylation is 1. The van der Waals surface area contributed by atoms with Crippen LogP contribution in [0.3, 0.4) is 0 Å². The van der Waals surface area contributed by atoms with Gasteiger partial charge in [0.05, 0.1) is 0 Å². The summed E-state index contributed by atoms with van der Waals surface area (Å²) in [4.78, 5) is 0. The van der Waals surface area contributed by atoms with E-state index in [9.17, 15) is 8.78 Å². The van der Waals surface area contributed by atoms with Crippen molar-refractivity contribution in [3.63, 3.8) is 0 Å². The topological polar surface area (TPSA) is 26.0 Å². The van der Waals surface area contributed by atoms with Gasteiger partial charge in [0.1, 0.15) is 11.6 Å². The predicted octanol–water partition coefficient (Wildman–Crippen LogP) is 3.07. The van der Waals surface area contributed by atoms with E-state index in [2.05, 4.69) is 0 Å². The Morgan fingerprint density at radius 2 is 1.93 bits per heavy atom. The van der Waals surface area contributed by atoms with E-state index in [1.54, 1.807) is 6.92 Å². The maximum atomic E-state index is 13.3. The largest absolute Gasteiger partial charge is 0.324 e. The highest BCUT2D eigenvalue weighted by Gasteiger charge is 2.12. The van der Waals surface area contributed by atoms with Gasteiger partial charge < -0.3 is 5.73 Å². The van der Waals surface area contributed by atoms with Gasteiger partial charge in [-0.3, -0.25) is 0 Å². The van der Waals surface area contributed by atoms with E-state index in [1.807, 2.05) is 6.92 Å². The first kappa shape index (κ1) is 11.1. The second-order valence-corrected chi connectivity index (χ2v) is 3.52. The van der Waals surface area contributed by atoms with Crippen molar-refractivity contribution in [1.29, 1.82) is 0 Å². The summed E-state index contributed by atoms with van der Waals surface area (Å²) in [6.45, 7) is 3.59. The number of nitrogens with two attached hydrogens (primary N) is 1. The van der Waals surface area contributed by atoms with Gasteiger partial charge in [-0.15, -0.1) is 0 Å². The fraction of sp³-hybridized carbons (Fsp3) is 0.455. The van der Waals surface area contributed by atoms with Crippen molar-refractivity contribution in [2.75, 3.05) is 0 Å². The van der Waals surface area contributed by atoms with Crippen LogP contribution in [0.4, 0.5) is 8.78 Å². The summed E-state index contributed by atoms with van der Waals surface area (Å²) in [7, 11) is 0. The zero-order valence-electron chi connectivity index (χ0n) is 8.48. The molecule has 0 fully saturated rings. The van der Waals surface area contributed by atoms with Gasteiger partial charge in [0.2, 0.25) is 0 Å². The minimum absolute atomic E-state index is 0.334. The van der Waals surface area contributed by atoms with Crippen molar-refractivity contribution in [3.8, 4) is 0 Å². The summed E-state index contributed by atoms with van der Waals surface area (Å²) in [5.41, 5.74) is 6.61. The van der Waals surface area contributed by atoms with Gasteiger partial charge in [-0.25, -0.2) is 8.78 Å². The lowest BCUT2D eigenvalue weighted by Gasteiger charge is -2.12. The van der Waals surface area contributed by atoms with Crippen LogP contribution in [-0.2, 0) is 0 Å². The van der Waals surface area contributed by atoms with Gasteiger partial charge in [0.25, 0.3) is 0 Å². The fourth-order valence-corrected chi connectivity index (χ4v) is 1.43. The number of halogens is 2. The second kappa shape index (κ2) is 4.51. The zero-order chi connectivity index (χ0) is 10.7. The highest BCUT2D eigenvalue weighted by atomic mass is 19.1. The molecule has 0 aliphatic carbocycles. The van der Waals surface area contributed by atoms with Gasteiger partial charge >= 0.3 is 0 Å². The third-order valence-electron chi connectivity index (χ3n) is 2.28. The Bertz CT molecular complexity index is 323. The van der Waals surface area contributed by atoms with Crippen molar-refractivity contribution in [2.45, 2.75) is 32.7 Å². The standard InChI is InChI=1S/C11H15F2N/c1-3-4-11(14)8-5-7(2)9(12)6-10(8)13/h5-6,11H,3-4,14H2,1-2H3. The molecule has 0 aromatic heterocycles. The molecule has 1 atom stereocenters. The van der Waals surface area contributed by atoms with Crippen LogP contribution < -0.4 is 5.73 Å². The highest BCUT2D eigenvalue weighted by Crippen LogP contribution is 2.22. The molecule has 0 radical (unpaired) electrons. The molecule has 14 heavy (non-hydrogen) atoms. The van der Waals surface area contributed by atoms with Crippen LogP contribution in [0.25, 0.3) is 0 Å². The first-order chi connectivity index (χ1) is 6.56. The average Bonchev–Trinajstić information content (AvgIpc) is 2.11. The summed E-state index contributed by atoms with van der Waals surface area (Å²) < 4.78 is 26.2. The van der Waals surface area contributed by atoms with Crippen LogP contribution in [0, 0.1) is 18.6 Å².